The van der Waals surface area contributed by atoms with Crippen LogP contribution < -0.4 is 10.2 Å². The number of anilines is 2. The quantitative estimate of drug-likeness (QED) is 0.900. The molecule has 0 radical (unpaired) electrons. The van der Waals surface area contributed by atoms with Crippen molar-refractivity contribution >= 4 is 23.2 Å². The molecule has 0 heterocycles. The van der Waals surface area contributed by atoms with Gasteiger partial charge in [-0.25, -0.2) is 0 Å². The number of hydrogen-bond donors (Lipinski definition) is 1. The Morgan fingerprint density at radius 1 is 1.04 bits per heavy atom. The van der Waals surface area contributed by atoms with Gasteiger partial charge >= 0.3 is 0 Å². The lowest BCUT2D eigenvalue weighted by molar-refractivity contribution is -0.120. The maximum Gasteiger partial charge on any atom is 0.244 e. The molecular formula is C20H24N2O2. The first-order chi connectivity index (χ1) is 11.4. The number of amides is 2. The highest BCUT2D eigenvalue weighted by Crippen LogP contribution is 2.24. The van der Waals surface area contributed by atoms with Crippen LogP contribution in [0.2, 0.25) is 0 Å². The zero-order valence-corrected chi connectivity index (χ0v) is 14.7. The van der Waals surface area contributed by atoms with Crippen molar-refractivity contribution in [1.82, 2.24) is 0 Å². The number of para-hydroxylation sites is 2. The van der Waals surface area contributed by atoms with Gasteiger partial charge in [0.2, 0.25) is 11.8 Å². The van der Waals surface area contributed by atoms with Crippen molar-refractivity contribution in [2.75, 3.05) is 16.8 Å². The Morgan fingerprint density at radius 3 is 2.29 bits per heavy atom. The summed E-state index contributed by atoms with van der Waals surface area (Å²) in [7, 11) is 0. The lowest BCUT2D eigenvalue weighted by Gasteiger charge is -2.23. The summed E-state index contributed by atoms with van der Waals surface area (Å²) in [6.07, 6.45) is 0. The largest absolute Gasteiger partial charge is 0.324 e. The van der Waals surface area contributed by atoms with Crippen molar-refractivity contribution in [3.8, 4) is 0 Å². The molecule has 4 nitrogen and oxygen atoms in total. The minimum absolute atomic E-state index is 0.00733. The van der Waals surface area contributed by atoms with Gasteiger partial charge in [-0.3, -0.25) is 9.59 Å². The second-order valence-corrected chi connectivity index (χ2v) is 6.18. The highest BCUT2D eigenvalue weighted by molar-refractivity contribution is 6.02. The standard InChI is InChI=1S/C20H24N2O2/c1-14(2)17-10-6-7-11-18(17)21-20(24)13-22(16(4)23)19-12-8-5-9-15(19)3/h5-12,14H,13H2,1-4H3,(H,21,24). The van der Waals surface area contributed by atoms with Crippen molar-refractivity contribution in [3.05, 3.63) is 59.7 Å². The topological polar surface area (TPSA) is 49.4 Å². The van der Waals surface area contributed by atoms with E-state index in [9.17, 15) is 9.59 Å². The molecule has 4 heteroatoms. The first kappa shape index (κ1) is 17.7. The van der Waals surface area contributed by atoms with Crippen LogP contribution in [0.3, 0.4) is 0 Å². The Hall–Kier alpha value is -2.62. The molecule has 0 aromatic heterocycles. The first-order valence-electron chi connectivity index (χ1n) is 8.12. The zero-order valence-electron chi connectivity index (χ0n) is 14.7. The molecule has 126 valence electrons. The van der Waals surface area contributed by atoms with Gasteiger partial charge in [0.25, 0.3) is 0 Å². The highest BCUT2D eigenvalue weighted by Gasteiger charge is 2.18. The first-order valence-corrected chi connectivity index (χ1v) is 8.12. The summed E-state index contributed by atoms with van der Waals surface area (Å²) in [5.41, 5.74) is 3.60. The lowest BCUT2D eigenvalue weighted by atomic mass is 10.0. The van der Waals surface area contributed by atoms with Crippen molar-refractivity contribution in [3.63, 3.8) is 0 Å². The molecule has 0 aliphatic heterocycles. The molecule has 0 bridgehead atoms. The van der Waals surface area contributed by atoms with Gasteiger partial charge in [-0.2, -0.15) is 0 Å². The molecule has 0 unspecified atom stereocenters. The minimum Gasteiger partial charge on any atom is -0.324 e. The molecule has 0 fully saturated rings. The Labute approximate surface area is 143 Å². The van der Waals surface area contributed by atoms with E-state index in [4.69, 9.17) is 0 Å². The van der Waals surface area contributed by atoms with Crippen LogP contribution in [0.15, 0.2) is 48.5 Å². The average Bonchev–Trinajstić information content (AvgIpc) is 2.53. The van der Waals surface area contributed by atoms with Gasteiger partial charge < -0.3 is 10.2 Å². The number of nitrogens with zero attached hydrogens (tertiary/aromatic N) is 1. The van der Waals surface area contributed by atoms with Gasteiger partial charge in [-0.05, 0) is 36.1 Å². The third-order valence-corrected chi connectivity index (χ3v) is 3.94. The van der Waals surface area contributed by atoms with Crippen molar-refractivity contribution in [2.24, 2.45) is 0 Å². The number of nitrogens with one attached hydrogen (secondary N) is 1. The number of benzene rings is 2. The number of carbonyl (C=O) groups is 2. The van der Waals surface area contributed by atoms with E-state index >= 15 is 0 Å². The fourth-order valence-corrected chi connectivity index (χ4v) is 2.68. The normalized spacial score (nSPS) is 10.5. The fourth-order valence-electron chi connectivity index (χ4n) is 2.68. The van der Waals surface area contributed by atoms with Gasteiger partial charge in [0.15, 0.2) is 0 Å². The monoisotopic (exact) mass is 324 g/mol. The fraction of sp³-hybridized carbons (Fsp3) is 0.300. The molecule has 2 aromatic rings. The summed E-state index contributed by atoms with van der Waals surface area (Å²) in [6, 6.07) is 15.3. The molecule has 1 N–H and O–H groups in total. The maximum atomic E-state index is 12.5. The van der Waals surface area contributed by atoms with Crippen LogP contribution >= 0.6 is 0 Å². The molecule has 2 aromatic carbocycles. The van der Waals surface area contributed by atoms with E-state index in [2.05, 4.69) is 19.2 Å². The Bertz CT molecular complexity index is 738. The number of hydrogen-bond acceptors (Lipinski definition) is 2. The molecule has 0 aliphatic rings. The molecule has 0 saturated carbocycles. The van der Waals surface area contributed by atoms with Gasteiger partial charge in [0.1, 0.15) is 6.54 Å². The van der Waals surface area contributed by atoms with E-state index in [0.29, 0.717) is 5.92 Å². The van der Waals surface area contributed by atoms with Crippen LogP contribution in [-0.4, -0.2) is 18.4 Å². The van der Waals surface area contributed by atoms with E-state index < -0.39 is 0 Å². The molecule has 0 saturated heterocycles. The third kappa shape index (κ3) is 4.22. The predicted octanol–water partition coefficient (Wildman–Crippen LogP) is 4.11. The van der Waals surface area contributed by atoms with Crippen LogP contribution in [0.25, 0.3) is 0 Å². The summed E-state index contributed by atoms with van der Waals surface area (Å²) in [4.78, 5) is 26.0. The SMILES string of the molecule is CC(=O)N(CC(=O)Nc1ccccc1C(C)C)c1ccccc1C. The van der Waals surface area contributed by atoms with Crippen molar-refractivity contribution in [1.29, 1.82) is 0 Å². The van der Waals surface area contributed by atoms with Gasteiger partial charge in [-0.15, -0.1) is 0 Å². The van der Waals surface area contributed by atoms with E-state index in [-0.39, 0.29) is 18.4 Å². The molecule has 24 heavy (non-hydrogen) atoms. The van der Waals surface area contributed by atoms with Crippen LogP contribution in [0.1, 0.15) is 37.8 Å². The van der Waals surface area contributed by atoms with Crippen molar-refractivity contribution < 1.29 is 9.59 Å². The summed E-state index contributed by atoms with van der Waals surface area (Å²) in [5.74, 6) is -0.0556. The molecule has 2 amide bonds. The average molecular weight is 324 g/mol. The molecule has 0 spiro atoms. The number of aryl methyl sites for hydroxylation is 1. The van der Waals surface area contributed by atoms with Crippen molar-refractivity contribution in [2.45, 2.75) is 33.6 Å². The Kier molecular flexibility index (Phi) is 5.74. The molecule has 0 atom stereocenters. The van der Waals surface area contributed by atoms with Crippen LogP contribution in [0.4, 0.5) is 11.4 Å². The minimum atomic E-state index is -0.207. The summed E-state index contributed by atoms with van der Waals surface area (Å²) in [5, 5.41) is 2.93. The summed E-state index contributed by atoms with van der Waals surface area (Å²) in [6.45, 7) is 7.56. The summed E-state index contributed by atoms with van der Waals surface area (Å²) >= 11 is 0. The number of rotatable bonds is 5. The Balaban J connectivity index is 2.18. The van der Waals surface area contributed by atoms with Crippen LogP contribution in [0.5, 0.6) is 0 Å². The van der Waals surface area contributed by atoms with Gasteiger partial charge in [0, 0.05) is 18.3 Å². The third-order valence-electron chi connectivity index (χ3n) is 3.94. The second-order valence-electron chi connectivity index (χ2n) is 6.18. The van der Waals surface area contributed by atoms with E-state index in [1.807, 2.05) is 55.5 Å². The van der Waals surface area contributed by atoms with Gasteiger partial charge in [-0.1, -0.05) is 50.2 Å². The predicted molar refractivity (Wildman–Crippen MR) is 98.4 cm³/mol. The molecular weight excluding hydrogens is 300 g/mol. The second kappa shape index (κ2) is 7.77. The molecule has 2 rings (SSSR count). The van der Waals surface area contributed by atoms with E-state index in [0.717, 1.165) is 22.5 Å². The smallest absolute Gasteiger partial charge is 0.244 e. The maximum absolute atomic E-state index is 12.5. The highest BCUT2D eigenvalue weighted by atomic mass is 16.2. The lowest BCUT2D eigenvalue weighted by Crippen LogP contribution is -2.37. The number of carbonyl (C=O) groups excluding carboxylic acids is 2. The van der Waals surface area contributed by atoms with Crippen LogP contribution in [0, 0.1) is 6.92 Å². The van der Waals surface area contributed by atoms with E-state index in [1.165, 1.54) is 11.8 Å². The molecule has 0 aliphatic carbocycles. The summed E-state index contributed by atoms with van der Waals surface area (Å²) < 4.78 is 0. The zero-order chi connectivity index (χ0) is 17.7. The Morgan fingerprint density at radius 2 is 1.67 bits per heavy atom. The van der Waals surface area contributed by atoms with Crippen LogP contribution in [-0.2, 0) is 9.59 Å². The van der Waals surface area contributed by atoms with E-state index in [1.54, 1.807) is 0 Å². The van der Waals surface area contributed by atoms with Gasteiger partial charge in [0.05, 0.1) is 0 Å².